The van der Waals surface area contributed by atoms with Gasteiger partial charge in [-0.05, 0) is 130 Å². The van der Waals surface area contributed by atoms with Crippen LogP contribution in [0.2, 0.25) is 0 Å². The molecule has 4 aromatic rings. The van der Waals surface area contributed by atoms with Crippen LogP contribution in [0.25, 0.3) is 22.3 Å². The number of para-hydroxylation sites is 1. The number of amides is 4. The third-order valence-corrected chi connectivity index (χ3v) is 16.9. The normalized spacial score (nSPS) is 26.1. The molecule has 14 heteroatoms. The Hall–Kier alpha value is -5.49. The Balaban J connectivity index is 0.667. The zero-order chi connectivity index (χ0) is 47.5. The summed E-state index contributed by atoms with van der Waals surface area (Å²) in [6.07, 6.45) is 15.6. The number of fused-ring (bicyclic) bond motifs is 3. The fraction of sp³-hybridized carbons (Fsp3) is 0.574. The van der Waals surface area contributed by atoms with Crippen LogP contribution in [0, 0.1) is 35.0 Å². The SMILES string of the molecule is C#Cc1ccc(CNC(=O)[C@@H]2C[C@@H](O)CN2C(=O)[C@@H](NC(=O)N2CC3(CC(N4CCC(C5CCC(N6CCc7[nH]c8nnc(-c9ccccc9O)cc8c7[C@H]6C)CC5)CC4)C3)C2)C(C)(C)C)cc1. The Bertz CT molecular complexity index is 2550. The number of hydrogen-bond acceptors (Lipinski definition) is 9. The highest BCUT2D eigenvalue weighted by molar-refractivity contribution is 5.93. The predicted molar refractivity (Wildman–Crippen MR) is 261 cm³/mol. The first-order valence-corrected chi connectivity index (χ1v) is 25.2. The topological polar surface area (TPSA) is 170 Å². The quantitative estimate of drug-likeness (QED) is 0.120. The van der Waals surface area contributed by atoms with Gasteiger partial charge in [0.1, 0.15) is 17.8 Å². The second-order valence-electron chi connectivity index (χ2n) is 22.3. The highest BCUT2D eigenvalue weighted by Crippen LogP contribution is 2.51. The van der Waals surface area contributed by atoms with Gasteiger partial charge in [-0.2, -0.15) is 0 Å². The third kappa shape index (κ3) is 8.98. The summed E-state index contributed by atoms with van der Waals surface area (Å²) in [6, 6.07) is 16.3. The Labute approximate surface area is 400 Å². The molecule has 0 unspecified atom stereocenters. The number of phenols is 1. The van der Waals surface area contributed by atoms with Gasteiger partial charge in [-0.1, -0.05) is 51.0 Å². The van der Waals surface area contributed by atoms with Crippen LogP contribution in [-0.4, -0.2) is 132 Å². The molecule has 0 bridgehead atoms. The number of piperidine rings is 1. The number of hydrogen-bond donors (Lipinski definition) is 5. The highest BCUT2D eigenvalue weighted by Gasteiger charge is 2.56. The van der Waals surface area contributed by atoms with Crippen molar-refractivity contribution < 1.29 is 24.6 Å². The fourth-order valence-corrected chi connectivity index (χ4v) is 13.0. The molecule has 0 radical (unpaired) electrons. The summed E-state index contributed by atoms with van der Waals surface area (Å²) in [5.41, 5.74) is 5.99. The van der Waals surface area contributed by atoms with E-state index in [0.29, 0.717) is 36.4 Å². The van der Waals surface area contributed by atoms with E-state index in [0.717, 1.165) is 72.9 Å². The number of urea groups is 1. The zero-order valence-electron chi connectivity index (χ0n) is 40.2. The number of aromatic nitrogens is 3. The average Bonchev–Trinajstić information content (AvgIpc) is 3.90. The molecule has 10 rings (SSSR count). The maximum absolute atomic E-state index is 14.2. The van der Waals surface area contributed by atoms with Crippen molar-refractivity contribution in [3.63, 3.8) is 0 Å². The van der Waals surface area contributed by atoms with Gasteiger partial charge in [0.05, 0.1) is 11.8 Å². The molecule has 3 saturated heterocycles. The van der Waals surface area contributed by atoms with Gasteiger partial charge >= 0.3 is 6.03 Å². The number of rotatable bonds is 9. The van der Waals surface area contributed by atoms with E-state index in [4.69, 9.17) is 6.42 Å². The molecule has 4 amide bonds. The number of carbonyl (C=O) groups is 3. The van der Waals surface area contributed by atoms with Crippen molar-refractivity contribution in [3.05, 3.63) is 77.0 Å². The van der Waals surface area contributed by atoms with Gasteiger partial charge in [0.25, 0.3) is 0 Å². The lowest BCUT2D eigenvalue weighted by atomic mass is 9.60. The Morgan fingerprint density at radius 1 is 0.941 bits per heavy atom. The van der Waals surface area contributed by atoms with Crippen LogP contribution in [0.4, 0.5) is 4.79 Å². The molecule has 2 aromatic heterocycles. The Morgan fingerprint density at radius 2 is 1.65 bits per heavy atom. The second-order valence-corrected chi connectivity index (χ2v) is 22.3. The molecule has 2 aromatic carbocycles. The Morgan fingerprint density at radius 3 is 2.34 bits per heavy atom. The van der Waals surface area contributed by atoms with Gasteiger partial charge in [0, 0.05) is 91.3 Å². The first-order chi connectivity index (χ1) is 32.7. The van der Waals surface area contributed by atoms with Crippen LogP contribution in [0.5, 0.6) is 5.75 Å². The molecule has 5 fully saturated rings. The van der Waals surface area contributed by atoms with E-state index in [1.165, 1.54) is 54.7 Å². The smallest absolute Gasteiger partial charge is 0.318 e. The molecule has 2 aliphatic carbocycles. The lowest BCUT2D eigenvalue weighted by molar-refractivity contribution is -0.142. The van der Waals surface area contributed by atoms with Gasteiger partial charge in [-0.3, -0.25) is 14.5 Å². The number of aliphatic hydroxyl groups excluding tert-OH is 1. The molecule has 68 heavy (non-hydrogen) atoms. The number of phenolic OH excluding ortho intramolecular Hbond substituents is 1. The molecule has 4 atom stereocenters. The number of H-pyrrole nitrogens is 1. The lowest BCUT2D eigenvalue weighted by Crippen LogP contribution is -2.70. The van der Waals surface area contributed by atoms with E-state index in [2.05, 4.69) is 54.5 Å². The van der Waals surface area contributed by atoms with E-state index in [1.807, 2.05) is 68.1 Å². The summed E-state index contributed by atoms with van der Waals surface area (Å²) < 4.78 is 0. The largest absolute Gasteiger partial charge is 0.507 e. The molecule has 1 spiro atoms. The van der Waals surface area contributed by atoms with Crippen molar-refractivity contribution in [3.8, 4) is 29.4 Å². The molecule has 4 aliphatic heterocycles. The van der Waals surface area contributed by atoms with Gasteiger partial charge in [0.2, 0.25) is 11.8 Å². The first-order valence-electron chi connectivity index (χ1n) is 25.2. The summed E-state index contributed by atoms with van der Waals surface area (Å²) in [7, 11) is 0. The number of likely N-dealkylation sites (tertiary alicyclic amines) is 3. The zero-order valence-corrected chi connectivity index (χ0v) is 40.2. The maximum Gasteiger partial charge on any atom is 0.318 e. The molecule has 2 saturated carbocycles. The minimum Gasteiger partial charge on any atom is -0.507 e. The molecule has 14 nitrogen and oxygen atoms in total. The van der Waals surface area contributed by atoms with Crippen LogP contribution in [0.15, 0.2) is 54.6 Å². The van der Waals surface area contributed by atoms with Crippen molar-refractivity contribution in [2.24, 2.45) is 22.7 Å². The monoisotopic (exact) mass is 924 g/mol. The van der Waals surface area contributed by atoms with E-state index >= 15 is 0 Å². The number of benzene rings is 2. The van der Waals surface area contributed by atoms with Crippen molar-refractivity contribution in [1.29, 1.82) is 0 Å². The van der Waals surface area contributed by atoms with Crippen molar-refractivity contribution in [2.45, 2.75) is 135 Å². The number of nitrogens with one attached hydrogen (secondary N) is 3. The Kier molecular flexibility index (Phi) is 12.5. The van der Waals surface area contributed by atoms with Gasteiger partial charge in [-0.25, -0.2) is 4.79 Å². The number of aromatic amines is 1. The van der Waals surface area contributed by atoms with Crippen LogP contribution in [0.3, 0.4) is 0 Å². The molecule has 6 aliphatic rings. The van der Waals surface area contributed by atoms with Crippen molar-refractivity contribution >= 4 is 28.9 Å². The highest BCUT2D eigenvalue weighted by atomic mass is 16.3. The summed E-state index contributed by atoms with van der Waals surface area (Å²) in [6.45, 7) is 13.2. The molecule has 5 N–H and O–H groups in total. The van der Waals surface area contributed by atoms with Crippen LogP contribution >= 0.6 is 0 Å². The minimum absolute atomic E-state index is 0.0389. The number of nitrogens with zero attached hydrogens (tertiary/aromatic N) is 6. The minimum atomic E-state index is -0.863. The van der Waals surface area contributed by atoms with Crippen LogP contribution < -0.4 is 10.6 Å². The van der Waals surface area contributed by atoms with E-state index in [9.17, 15) is 24.6 Å². The number of carbonyl (C=O) groups excluding carboxylic acids is 3. The van der Waals surface area contributed by atoms with Gasteiger partial charge < -0.3 is 40.5 Å². The average molecular weight is 924 g/mol. The third-order valence-electron chi connectivity index (χ3n) is 16.9. The summed E-state index contributed by atoms with van der Waals surface area (Å²) in [4.78, 5) is 53.6. The number of terminal acetylenes is 1. The fourth-order valence-electron chi connectivity index (χ4n) is 13.0. The van der Waals surface area contributed by atoms with Crippen molar-refractivity contribution in [2.75, 3.05) is 39.3 Å². The first kappa shape index (κ1) is 46.2. The predicted octanol–water partition coefficient (Wildman–Crippen LogP) is 6.37. The summed E-state index contributed by atoms with van der Waals surface area (Å²) in [5.74, 6) is 3.70. The van der Waals surface area contributed by atoms with Gasteiger partial charge in [-0.15, -0.1) is 16.6 Å². The van der Waals surface area contributed by atoms with Gasteiger partial charge in [0.15, 0.2) is 5.65 Å². The van der Waals surface area contributed by atoms with E-state index < -0.39 is 23.6 Å². The molecule has 360 valence electrons. The molecular formula is C54H69N9O5. The molecular weight excluding hydrogens is 855 g/mol. The summed E-state index contributed by atoms with van der Waals surface area (Å²) in [5, 5.41) is 37.2. The van der Waals surface area contributed by atoms with E-state index in [1.54, 1.807) is 6.07 Å². The number of aliphatic hydroxyl groups is 1. The maximum atomic E-state index is 14.2. The van der Waals surface area contributed by atoms with Crippen LogP contribution in [0.1, 0.15) is 114 Å². The van der Waals surface area contributed by atoms with Crippen molar-refractivity contribution in [1.82, 2.24) is 45.4 Å². The molecule has 6 heterocycles. The second kappa shape index (κ2) is 18.4. The van der Waals surface area contributed by atoms with Crippen LogP contribution in [-0.2, 0) is 22.6 Å². The summed E-state index contributed by atoms with van der Waals surface area (Å²) >= 11 is 0. The van der Waals surface area contributed by atoms with E-state index in [-0.39, 0.29) is 54.6 Å². The lowest BCUT2D eigenvalue weighted by Gasteiger charge is -2.61. The standard InChI is InChI=1S/C54H69N9O5/c1-6-34-11-13-35(14-12-34)29-55-50(66)45-25-40(64)30-63(45)51(67)48(53(3,4)5)57-52(68)61-31-54(32-61)27-39(28-54)60-22-19-37(20-23-60)36-15-17-38(18-16-36)62-24-21-43-47(33(62)2)42-26-44(58-59-49(42)56-43)41-9-7-8-10-46(41)65/h1,7-14,26,33,36-40,45,48,64-65H,15-25,27-32H2,2-5H3,(H,55,66)(H,56,59)(H,57,68)/t33-,36?,38?,40-,45+,48-/m1/s1. The number of aromatic hydroxyl groups is 1. The number of β-amino-alcohol motifs (C(OH)–C–C–N with tert-alkyl or cyclic N) is 1.